The van der Waals surface area contributed by atoms with Crippen molar-refractivity contribution in [3.05, 3.63) is 35.4 Å². The highest BCUT2D eigenvalue weighted by Gasteiger charge is 2.19. The van der Waals surface area contributed by atoms with E-state index in [0.717, 1.165) is 37.3 Å². The van der Waals surface area contributed by atoms with E-state index in [1.54, 1.807) is 0 Å². The molecule has 1 atom stereocenters. The smallest absolute Gasteiger partial charge is 0.320 e. The third kappa shape index (κ3) is 4.54. The molecule has 120 valence electrons. The molecule has 2 rings (SSSR count). The lowest BCUT2D eigenvalue weighted by Crippen LogP contribution is -2.47. The van der Waals surface area contributed by atoms with Crippen LogP contribution in [0, 0.1) is 0 Å². The molecule has 0 unspecified atom stereocenters. The number of piperazine rings is 1. The molecule has 0 saturated carbocycles. The van der Waals surface area contributed by atoms with Gasteiger partial charge in [-0.25, -0.2) is 0 Å². The molecule has 0 bridgehead atoms. The van der Waals surface area contributed by atoms with Crippen molar-refractivity contribution in [2.24, 2.45) is 5.73 Å². The Labute approximate surface area is 130 Å². The second kappa shape index (κ2) is 7.38. The molecular weight excluding hydrogens is 282 g/mol. The van der Waals surface area contributed by atoms with Gasteiger partial charge in [0.2, 0.25) is 5.91 Å². The van der Waals surface area contributed by atoms with Crippen molar-refractivity contribution in [1.82, 2.24) is 9.80 Å². The van der Waals surface area contributed by atoms with E-state index >= 15 is 0 Å². The van der Waals surface area contributed by atoms with Crippen LogP contribution in [0.1, 0.15) is 11.1 Å². The standard InChI is InChI=1S/C16H23N3O3/c1-18-6-8-19(9-7-18)15(20)11-13-4-2-12(3-5-13)10-14(17)16(21)22/h2-5,14H,6-11,17H2,1H3,(H,21,22)/t14-/m0/s1. The number of amides is 1. The molecule has 1 aromatic carbocycles. The Morgan fingerprint density at radius 1 is 1.14 bits per heavy atom. The van der Waals surface area contributed by atoms with Crippen LogP contribution < -0.4 is 5.73 Å². The molecule has 6 nitrogen and oxygen atoms in total. The van der Waals surface area contributed by atoms with E-state index in [1.165, 1.54) is 0 Å². The van der Waals surface area contributed by atoms with E-state index in [2.05, 4.69) is 11.9 Å². The van der Waals surface area contributed by atoms with E-state index in [0.29, 0.717) is 12.8 Å². The average molecular weight is 305 g/mol. The zero-order chi connectivity index (χ0) is 16.1. The van der Waals surface area contributed by atoms with Crippen molar-refractivity contribution in [2.75, 3.05) is 33.2 Å². The molecule has 1 amide bonds. The molecule has 1 aliphatic heterocycles. The fraction of sp³-hybridized carbons (Fsp3) is 0.500. The molecule has 3 N–H and O–H groups in total. The molecule has 1 heterocycles. The van der Waals surface area contributed by atoms with Gasteiger partial charge >= 0.3 is 5.97 Å². The van der Waals surface area contributed by atoms with Crippen molar-refractivity contribution in [3.8, 4) is 0 Å². The lowest BCUT2D eigenvalue weighted by Gasteiger charge is -2.32. The number of benzene rings is 1. The Hall–Kier alpha value is -1.92. The first-order valence-corrected chi connectivity index (χ1v) is 7.48. The predicted molar refractivity (Wildman–Crippen MR) is 83.5 cm³/mol. The average Bonchev–Trinajstić information content (AvgIpc) is 2.49. The van der Waals surface area contributed by atoms with Gasteiger partial charge < -0.3 is 20.6 Å². The van der Waals surface area contributed by atoms with Gasteiger partial charge in [0.15, 0.2) is 0 Å². The van der Waals surface area contributed by atoms with Gasteiger partial charge in [0.1, 0.15) is 6.04 Å². The molecule has 1 aromatic rings. The van der Waals surface area contributed by atoms with E-state index in [4.69, 9.17) is 10.8 Å². The molecule has 1 aliphatic rings. The molecule has 1 fully saturated rings. The van der Waals surface area contributed by atoms with Crippen molar-refractivity contribution < 1.29 is 14.7 Å². The normalized spacial score (nSPS) is 17.3. The number of hydrogen-bond acceptors (Lipinski definition) is 4. The minimum Gasteiger partial charge on any atom is -0.480 e. The summed E-state index contributed by atoms with van der Waals surface area (Å²) in [4.78, 5) is 27.1. The summed E-state index contributed by atoms with van der Waals surface area (Å²) >= 11 is 0. The molecule has 0 aromatic heterocycles. The number of hydrogen-bond donors (Lipinski definition) is 2. The summed E-state index contributed by atoms with van der Waals surface area (Å²) in [6.45, 7) is 3.39. The minimum atomic E-state index is -1.01. The number of aliphatic carboxylic acids is 1. The monoisotopic (exact) mass is 305 g/mol. The van der Waals surface area contributed by atoms with Crippen molar-refractivity contribution >= 4 is 11.9 Å². The lowest BCUT2D eigenvalue weighted by atomic mass is 10.0. The third-order valence-electron chi connectivity index (χ3n) is 4.01. The lowest BCUT2D eigenvalue weighted by molar-refractivity contribution is -0.138. The van der Waals surface area contributed by atoms with Gasteiger partial charge in [0.05, 0.1) is 6.42 Å². The minimum absolute atomic E-state index is 0.142. The Morgan fingerprint density at radius 2 is 1.68 bits per heavy atom. The summed E-state index contributed by atoms with van der Waals surface area (Å²) in [6, 6.07) is 6.54. The molecular formula is C16H23N3O3. The van der Waals surface area contributed by atoms with Gasteiger partial charge in [-0.05, 0) is 24.6 Å². The SMILES string of the molecule is CN1CCN(C(=O)Cc2ccc(C[C@H](N)C(=O)O)cc2)CC1. The van der Waals surface area contributed by atoms with Crippen molar-refractivity contribution in [2.45, 2.75) is 18.9 Å². The topological polar surface area (TPSA) is 86.9 Å². The van der Waals surface area contributed by atoms with Crippen LogP contribution in [-0.4, -0.2) is 66.1 Å². The fourth-order valence-corrected chi connectivity index (χ4v) is 2.48. The van der Waals surface area contributed by atoms with Crippen LogP contribution in [0.4, 0.5) is 0 Å². The van der Waals surface area contributed by atoms with Gasteiger partial charge in [-0.1, -0.05) is 24.3 Å². The summed E-state index contributed by atoms with van der Waals surface area (Å²) in [5.74, 6) is -0.864. The molecule has 0 spiro atoms. The Balaban J connectivity index is 1.88. The second-order valence-corrected chi connectivity index (χ2v) is 5.83. The van der Waals surface area contributed by atoms with E-state index in [-0.39, 0.29) is 5.91 Å². The maximum atomic E-state index is 12.2. The zero-order valence-electron chi connectivity index (χ0n) is 12.9. The van der Waals surface area contributed by atoms with Crippen LogP contribution >= 0.6 is 0 Å². The largest absolute Gasteiger partial charge is 0.480 e. The van der Waals surface area contributed by atoms with Gasteiger partial charge in [0.25, 0.3) is 0 Å². The zero-order valence-corrected chi connectivity index (χ0v) is 12.9. The summed E-state index contributed by atoms with van der Waals surface area (Å²) < 4.78 is 0. The number of carboxylic acids is 1. The van der Waals surface area contributed by atoms with E-state index in [1.807, 2.05) is 29.2 Å². The van der Waals surface area contributed by atoms with Crippen LogP contribution in [-0.2, 0) is 22.4 Å². The van der Waals surface area contributed by atoms with E-state index < -0.39 is 12.0 Å². The Morgan fingerprint density at radius 3 is 2.23 bits per heavy atom. The van der Waals surface area contributed by atoms with Crippen LogP contribution in [0.3, 0.4) is 0 Å². The highest BCUT2D eigenvalue weighted by Crippen LogP contribution is 2.10. The highest BCUT2D eigenvalue weighted by molar-refractivity contribution is 5.79. The first-order valence-electron chi connectivity index (χ1n) is 7.48. The Kier molecular flexibility index (Phi) is 5.51. The van der Waals surface area contributed by atoms with Crippen LogP contribution in [0.15, 0.2) is 24.3 Å². The number of nitrogens with two attached hydrogens (primary N) is 1. The number of carboxylic acid groups (broad SMARTS) is 1. The summed E-state index contributed by atoms with van der Waals surface area (Å²) in [5.41, 5.74) is 7.32. The Bertz CT molecular complexity index is 522. The highest BCUT2D eigenvalue weighted by atomic mass is 16.4. The summed E-state index contributed by atoms with van der Waals surface area (Å²) in [6.07, 6.45) is 0.678. The first-order chi connectivity index (χ1) is 10.5. The third-order valence-corrected chi connectivity index (χ3v) is 4.01. The maximum Gasteiger partial charge on any atom is 0.320 e. The van der Waals surface area contributed by atoms with Gasteiger partial charge in [-0.2, -0.15) is 0 Å². The van der Waals surface area contributed by atoms with Crippen LogP contribution in [0.5, 0.6) is 0 Å². The number of carbonyl (C=O) groups is 2. The van der Waals surface area contributed by atoms with Crippen LogP contribution in [0.25, 0.3) is 0 Å². The first kappa shape index (κ1) is 16.5. The van der Waals surface area contributed by atoms with E-state index in [9.17, 15) is 9.59 Å². The van der Waals surface area contributed by atoms with Crippen molar-refractivity contribution in [1.29, 1.82) is 0 Å². The van der Waals surface area contributed by atoms with Crippen LogP contribution in [0.2, 0.25) is 0 Å². The van der Waals surface area contributed by atoms with Gasteiger partial charge in [-0.3, -0.25) is 9.59 Å². The van der Waals surface area contributed by atoms with Gasteiger partial charge in [0, 0.05) is 26.2 Å². The molecule has 6 heteroatoms. The fourth-order valence-electron chi connectivity index (χ4n) is 2.48. The number of nitrogens with zero attached hydrogens (tertiary/aromatic N) is 2. The number of rotatable bonds is 5. The summed E-state index contributed by atoms with van der Waals surface area (Å²) in [7, 11) is 2.06. The molecule has 22 heavy (non-hydrogen) atoms. The molecule has 0 radical (unpaired) electrons. The molecule has 1 saturated heterocycles. The maximum absolute atomic E-state index is 12.2. The predicted octanol–water partition coefficient (Wildman–Crippen LogP) is -0.0425. The molecule has 0 aliphatic carbocycles. The number of likely N-dealkylation sites (N-methyl/N-ethyl adjacent to an activating group) is 1. The quantitative estimate of drug-likeness (QED) is 0.797. The summed E-state index contributed by atoms with van der Waals surface area (Å²) in [5, 5.41) is 8.80. The number of carbonyl (C=O) groups excluding carboxylic acids is 1. The van der Waals surface area contributed by atoms with Gasteiger partial charge in [-0.15, -0.1) is 0 Å². The van der Waals surface area contributed by atoms with Crippen molar-refractivity contribution in [3.63, 3.8) is 0 Å². The second-order valence-electron chi connectivity index (χ2n) is 5.83.